The molecule has 0 unspecified atom stereocenters. The number of carbonyl (C=O) groups is 1. The van der Waals surface area contributed by atoms with Gasteiger partial charge in [-0.15, -0.1) is 0 Å². The van der Waals surface area contributed by atoms with Crippen LogP contribution in [-0.2, 0) is 21.1 Å². The summed E-state index contributed by atoms with van der Waals surface area (Å²) >= 11 is 0. The molecule has 0 saturated carbocycles. The number of esters is 1. The number of carbonyl (C=O) groups excluding carboxylic acids is 1. The summed E-state index contributed by atoms with van der Waals surface area (Å²) in [6, 6.07) is 9.60. The van der Waals surface area contributed by atoms with Gasteiger partial charge in [-0.2, -0.15) is 0 Å². The molecule has 0 spiro atoms. The Labute approximate surface area is 122 Å². The molecule has 6 nitrogen and oxygen atoms in total. The number of furan rings is 1. The van der Waals surface area contributed by atoms with Gasteiger partial charge in [0.15, 0.2) is 9.84 Å². The Morgan fingerprint density at radius 2 is 1.86 bits per heavy atom. The Hall–Kier alpha value is -2.28. The molecular formula is C14H15NO5S. The number of sulfone groups is 1. The average Bonchev–Trinajstić information content (AvgIpc) is 2.92. The normalized spacial score (nSPS) is 11.1. The van der Waals surface area contributed by atoms with Gasteiger partial charge in [-0.1, -0.05) is 0 Å². The maximum Gasteiger partial charge on any atom is 0.373 e. The molecule has 0 aliphatic carbocycles. The second kappa shape index (κ2) is 6.01. The van der Waals surface area contributed by atoms with Crippen molar-refractivity contribution in [3.8, 4) is 0 Å². The fourth-order valence-electron chi connectivity index (χ4n) is 1.69. The molecule has 21 heavy (non-hydrogen) atoms. The van der Waals surface area contributed by atoms with Crippen molar-refractivity contribution in [2.75, 3.05) is 18.7 Å². The Balaban J connectivity index is 2.00. The van der Waals surface area contributed by atoms with Gasteiger partial charge in [0, 0.05) is 11.9 Å². The van der Waals surface area contributed by atoms with Crippen molar-refractivity contribution in [3.05, 3.63) is 47.9 Å². The van der Waals surface area contributed by atoms with E-state index >= 15 is 0 Å². The molecule has 2 rings (SSSR count). The molecule has 1 N–H and O–H groups in total. The van der Waals surface area contributed by atoms with Crippen LogP contribution >= 0.6 is 0 Å². The summed E-state index contributed by atoms with van der Waals surface area (Å²) in [6.45, 7) is 0.370. The first-order chi connectivity index (χ1) is 9.90. The Bertz CT molecular complexity index is 731. The molecule has 0 saturated heterocycles. The van der Waals surface area contributed by atoms with E-state index in [1.165, 1.54) is 25.3 Å². The van der Waals surface area contributed by atoms with Crippen LogP contribution in [0.3, 0.4) is 0 Å². The second-order valence-electron chi connectivity index (χ2n) is 4.41. The van der Waals surface area contributed by atoms with Gasteiger partial charge in [-0.3, -0.25) is 0 Å². The van der Waals surface area contributed by atoms with Crippen LogP contribution in [0.5, 0.6) is 0 Å². The van der Waals surface area contributed by atoms with Crippen molar-refractivity contribution >= 4 is 21.5 Å². The fourth-order valence-corrected chi connectivity index (χ4v) is 2.32. The van der Waals surface area contributed by atoms with Crippen molar-refractivity contribution in [1.82, 2.24) is 0 Å². The summed E-state index contributed by atoms with van der Waals surface area (Å²) < 4.78 is 32.5. The van der Waals surface area contributed by atoms with E-state index in [-0.39, 0.29) is 10.7 Å². The van der Waals surface area contributed by atoms with E-state index in [4.69, 9.17) is 4.42 Å². The molecule has 1 aromatic carbocycles. The van der Waals surface area contributed by atoms with Crippen LogP contribution in [0.15, 0.2) is 45.7 Å². The van der Waals surface area contributed by atoms with Gasteiger partial charge in [-0.05, 0) is 36.4 Å². The molecule has 0 amide bonds. The minimum Gasteiger partial charge on any atom is -0.463 e. The zero-order chi connectivity index (χ0) is 15.5. The molecule has 2 aromatic rings. The van der Waals surface area contributed by atoms with E-state index in [1.54, 1.807) is 18.2 Å². The monoisotopic (exact) mass is 309 g/mol. The van der Waals surface area contributed by atoms with Crippen LogP contribution in [0.25, 0.3) is 0 Å². The third kappa shape index (κ3) is 3.85. The lowest BCUT2D eigenvalue weighted by molar-refractivity contribution is 0.0563. The standard InChI is InChI=1S/C14H15NO5S/c1-19-14(16)13-8-5-11(20-13)9-15-10-3-6-12(7-4-10)21(2,17)18/h3-8,15H,9H2,1-2H3. The van der Waals surface area contributed by atoms with Gasteiger partial charge in [-0.25, -0.2) is 13.2 Å². The quantitative estimate of drug-likeness (QED) is 0.851. The van der Waals surface area contributed by atoms with E-state index in [9.17, 15) is 13.2 Å². The van der Waals surface area contributed by atoms with E-state index in [0.29, 0.717) is 12.3 Å². The molecular weight excluding hydrogens is 294 g/mol. The van der Waals surface area contributed by atoms with Gasteiger partial charge in [0.2, 0.25) is 5.76 Å². The first-order valence-corrected chi connectivity index (χ1v) is 8.00. The molecule has 1 aromatic heterocycles. The van der Waals surface area contributed by atoms with E-state index in [0.717, 1.165) is 11.9 Å². The van der Waals surface area contributed by atoms with Crippen LogP contribution < -0.4 is 5.32 Å². The van der Waals surface area contributed by atoms with Crippen molar-refractivity contribution in [2.24, 2.45) is 0 Å². The highest BCUT2D eigenvalue weighted by molar-refractivity contribution is 7.90. The van der Waals surface area contributed by atoms with Crippen molar-refractivity contribution in [3.63, 3.8) is 0 Å². The molecule has 0 bridgehead atoms. The zero-order valence-electron chi connectivity index (χ0n) is 11.6. The lowest BCUT2D eigenvalue weighted by atomic mass is 10.3. The number of anilines is 1. The van der Waals surface area contributed by atoms with Gasteiger partial charge in [0.05, 0.1) is 18.6 Å². The Morgan fingerprint density at radius 1 is 1.19 bits per heavy atom. The summed E-state index contributed by atoms with van der Waals surface area (Å²) in [6.07, 6.45) is 1.16. The second-order valence-corrected chi connectivity index (χ2v) is 6.42. The molecule has 112 valence electrons. The van der Waals surface area contributed by atoms with Crippen molar-refractivity contribution in [1.29, 1.82) is 0 Å². The highest BCUT2D eigenvalue weighted by Gasteiger charge is 2.11. The Morgan fingerprint density at radius 3 is 2.43 bits per heavy atom. The number of benzene rings is 1. The van der Waals surface area contributed by atoms with Gasteiger partial charge >= 0.3 is 5.97 Å². The first-order valence-electron chi connectivity index (χ1n) is 6.11. The summed E-state index contributed by atoms with van der Waals surface area (Å²) in [5, 5.41) is 3.07. The van der Waals surface area contributed by atoms with Gasteiger partial charge in [0.1, 0.15) is 5.76 Å². The maximum absolute atomic E-state index is 11.3. The third-order valence-corrected chi connectivity index (χ3v) is 3.93. The summed E-state index contributed by atoms with van der Waals surface area (Å²) in [5.41, 5.74) is 0.749. The maximum atomic E-state index is 11.3. The molecule has 0 atom stereocenters. The van der Waals surface area contributed by atoms with Crippen LogP contribution in [0, 0.1) is 0 Å². The Kier molecular flexibility index (Phi) is 4.32. The van der Waals surface area contributed by atoms with Crippen LogP contribution in [0.1, 0.15) is 16.3 Å². The predicted molar refractivity (Wildman–Crippen MR) is 76.9 cm³/mol. The highest BCUT2D eigenvalue weighted by Crippen LogP contribution is 2.16. The average molecular weight is 309 g/mol. The molecule has 0 radical (unpaired) electrons. The number of nitrogens with one attached hydrogen (secondary N) is 1. The molecule has 0 fully saturated rings. The third-order valence-electron chi connectivity index (χ3n) is 2.80. The minimum atomic E-state index is -3.19. The summed E-state index contributed by atoms with van der Waals surface area (Å²) in [7, 11) is -1.91. The van der Waals surface area contributed by atoms with E-state index in [2.05, 4.69) is 10.1 Å². The van der Waals surface area contributed by atoms with Gasteiger partial charge < -0.3 is 14.5 Å². The number of ether oxygens (including phenoxy) is 1. The number of hydrogen-bond acceptors (Lipinski definition) is 6. The lowest BCUT2D eigenvalue weighted by Crippen LogP contribution is -2.01. The van der Waals surface area contributed by atoms with E-state index < -0.39 is 15.8 Å². The lowest BCUT2D eigenvalue weighted by Gasteiger charge is -2.05. The summed E-state index contributed by atoms with van der Waals surface area (Å²) in [4.78, 5) is 11.5. The van der Waals surface area contributed by atoms with Crippen molar-refractivity contribution < 1.29 is 22.4 Å². The van der Waals surface area contributed by atoms with Crippen molar-refractivity contribution in [2.45, 2.75) is 11.4 Å². The largest absolute Gasteiger partial charge is 0.463 e. The summed E-state index contributed by atoms with van der Waals surface area (Å²) in [5.74, 6) is 0.183. The van der Waals surface area contributed by atoms with Crippen LogP contribution in [0.2, 0.25) is 0 Å². The number of rotatable bonds is 5. The minimum absolute atomic E-state index is 0.140. The fraction of sp³-hybridized carbons (Fsp3) is 0.214. The molecule has 1 heterocycles. The first kappa shape index (κ1) is 15.1. The number of methoxy groups -OCH3 is 1. The highest BCUT2D eigenvalue weighted by atomic mass is 32.2. The van der Waals surface area contributed by atoms with Gasteiger partial charge in [0.25, 0.3) is 0 Å². The van der Waals surface area contributed by atoms with E-state index in [1.807, 2.05) is 0 Å². The number of hydrogen-bond donors (Lipinski definition) is 1. The molecule has 0 aliphatic heterocycles. The van der Waals surface area contributed by atoms with Crippen LogP contribution in [-0.4, -0.2) is 27.8 Å². The SMILES string of the molecule is COC(=O)c1ccc(CNc2ccc(S(C)(=O)=O)cc2)o1. The zero-order valence-corrected chi connectivity index (χ0v) is 12.4. The molecule has 7 heteroatoms. The predicted octanol–water partition coefficient (Wildman–Crippen LogP) is 2.08. The molecule has 0 aliphatic rings. The topological polar surface area (TPSA) is 85.6 Å². The van der Waals surface area contributed by atoms with Crippen LogP contribution in [0.4, 0.5) is 5.69 Å². The smallest absolute Gasteiger partial charge is 0.373 e.